The Labute approximate surface area is 315 Å². The maximum absolute atomic E-state index is 11.1. The van der Waals surface area contributed by atoms with E-state index in [-0.39, 0.29) is 11.3 Å². The molecule has 0 aromatic heterocycles. The standard InChI is InChI=1S/C41H70O12/c1-7-22(20(2)3)9-8-21(4)26-12-13-27-25-11-10-23-16-24(50-38-36(48)34(46)32(44)29(18-42)51-38)17-31(41(23,6)28(25)14-15-40(26,27)5)53-39-37(49)35(47)33(45)30(19-43)52-39/h10,20-22,24-39,42-49H,7-9,11-19H2,1-6H3/t21-,22-,24-,25-,26+,27-,28-,29+,30-,31+,32-,33-,34-,35+,36+,37+,38+,39+,40-,41+/m1/s1. The number of hydrogen-bond donors (Lipinski definition) is 8. The van der Waals surface area contributed by atoms with E-state index < -0.39 is 92.2 Å². The lowest BCUT2D eigenvalue weighted by molar-refractivity contribution is -0.334. The third-order valence-corrected chi connectivity index (χ3v) is 15.7. The van der Waals surface area contributed by atoms with Gasteiger partial charge in [0.2, 0.25) is 0 Å². The number of aliphatic hydroxyl groups is 8. The SMILES string of the molecule is CC[C@H](CC[C@@H](C)[C@@H]1CC[C@@H]2[C@H]3CC=C4C[C@@H](O[C@H]5O[C@@H](CO)[C@@H](O)[C@@H](O)[C@@H]5O)C[C@H](O[C@@H]5O[C@H](CO)[C@@H](O)[C@H](O)[C@@H]5O)[C@]4(C)[C@@H]3CC[C@@]21C)C(C)C. The van der Waals surface area contributed by atoms with E-state index in [2.05, 4.69) is 47.6 Å². The van der Waals surface area contributed by atoms with Gasteiger partial charge in [0.15, 0.2) is 12.6 Å². The number of ether oxygens (including phenoxy) is 4. The number of fused-ring (bicyclic) bond motifs is 5. The monoisotopic (exact) mass is 754 g/mol. The van der Waals surface area contributed by atoms with Crippen molar-refractivity contribution in [1.29, 1.82) is 0 Å². The summed E-state index contributed by atoms with van der Waals surface area (Å²) in [7, 11) is 0. The van der Waals surface area contributed by atoms with Gasteiger partial charge in [-0.05, 0) is 91.8 Å². The fourth-order valence-electron chi connectivity index (χ4n) is 12.3. The molecule has 53 heavy (non-hydrogen) atoms. The quantitative estimate of drug-likeness (QED) is 0.136. The maximum Gasteiger partial charge on any atom is 0.187 e. The first-order valence-corrected chi connectivity index (χ1v) is 20.7. The molecule has 20 atom stereocenters. The minimum atomic E-state index is -1.58. The smallest absolute Gasteiger partial charge is 0.187 e. The zero-order valence-corrected chi connectivity index (χ0v) is 32.7. The summed E-state index contributed by atoms with van der Waals surface area (Å²) in [5.74, 6) is 4.07. The summed E-state index contributed by atoms with van der Waals surface area (Å²) in [5.41, 5.74) is 0.895. The van der Waals surface area contributed by atoms with Crippen molar-refractivity contribution in [3.05, 3.63) is 11.6 Å². The molecule has 8 N–H and O–H groups in total. The van der Waals surface area contributed by atoms with E-state index in [9.17, 15) is 40.9 Å². The van der Waals surface area contributed by atoms with Gasteiger partial charge in [-0.25, -0.2) is 0 Å². The molecule has 3 saturated carbocycles. The molecule has 0 bridgehead atoms. The van der Waals surface area contributed by atoms with Crippen LogP contribution in [0, 0.1) is 52.3 Å². The Balaban J connectivity index is 1.26. The molecular formula is C41H70O12. The second kappa shape index (κ2) is 16.6. The van der Waals surface area contributed by atoms with Crippen molar-refractivity contribution < 1.29 is 59.8 Å². The van der Waals surface area contributed by atoms with Gasteiger partial charge in [0.25, 0.3) is 0 Å². The third-order valence-electron chi connectivity index (χ3n) is 15.7. The molecule has 12 nitrogen and oxygen atoms in total. The molecule has 6 aliphatic rings. The van der Waals surface area contributed by atoms with Gasteiger partial charge in [-0.3, -0.25) is 0 Å². The van der Waals surface area contributed by atoms with Crippen molar-refractivity contribution in [2.24, 2.45) is 52.3 Å². The van der Waals surface area contributed by atoms with Crippen LogP contribution in [0.5, 0.6) is 0 Å². The van der Waals surface area contributed by atoms with Crippen LogP contribution < -0.4 is 0 Å². The average Bonchev–Trinajstić information content (AvgIpc) is 3.49. The summed E-state index contributed by atoms with van der Waals surface area (Å²) < 4.78 is 24.7. The number of aliphatic hydroxyl groups excluding tert-OH is 8. The zero-order chi connectivity index (χ0) is 38.6. The molecule has 306 valence electrons. The van der Waals surface area contributed by atoms with Crippen LogP contribution in [0.25, 0.3) is 0 Å². The fraction of sp³-hybridized carbons (Fsp3) is 0.951. The van der Waals surface area contributed by atoms with Gasteiger partial charge < -0.3 is 59.8 Å². The molecule has 5 fully saturated rings. The van der Waals surface area contributed by atoms with Gasteiger partial charge >= 0.3 is 0 Å². The molecule has 6 rings (SSSR count). The minimum Gasteiger partial charge on any atom is -0.394 e. The lowest BCUT2D eigenvalue weighted by Gasteiger charge is -2.61. The van der Waals surface area contributed by atoms with E-state index in [4.69, 9.17) is 18.9 Å². The van der Waals surface area contributed by atoms with E-state index >= 15 is 0 Å². The van der Waals surface area contributed by atoms with Gasteiger partial charge in [0.05, 0.1) is 25.4 Å². The molecule has 2 aliphatic heterocycles. The van der Waals surface area contributed by atoms with Crippen LogP contribution in [0.3, 0.4) is 0 Å². The van der Waals surface area contributed by atoms with Crippen LogP contribution >= 0.6 is 0 Å². The summed E-state index contributed by atoms with van der Waals surface area (Å²) >= 11 is 0. The summed E-state index contributed by atoms with van der Waals surface area (Å²) in [6, 6.07) is 0. The molecule has 4 aliphatic carbocycles. The van der Waals surface area contributed by atoms with Gasteiger partial charge in [-0.2, -0.15) is 0 Å². The molecule has 0 spiro atoms. The normalized spacial score (nSPS) is 49.8. The van der Waals surface area contributed by atoms with E-state index in [0.717, 1.165) is 30.8 Å². The van der Waals surface area contributed by atoms with Crippen molar-refractivity contribution in [2.45, 2.75) is 179 Å². The second-order valence-corrected chi connectivity index (χ2v) is 18.5. The van der Waals surface area contributed by atoms with Gasteiger partial charge in [-0.15, -0.1) is 0 Å². The summed E-state index contributed by atoms with van der Waals surface area (Å²) in [6.45, 7) is 13.2. The average molecular weight is 755 g/mol. The van der Waals surface area contributed by atoms with Crippen LogP contribution in [0.2, 0.25) is 0 Å². The van der Waals surface area contributed by atoms with E-state index in [1.807, 2.05) is 0 Å². The molecule has 2 heterocycles. The van der Waals surface area contributed by atoms with Crippen molar-refractivity contribution >= 4 is 0 Å². The van der Waals surface area contributed by atoms with E-state index in [1.54, 1.807) is 0 Å². The molecule has 0 aromatic rings. The highest BCUT2D eigenvalue weighted by molar-refractivity contribution is 5.28. The molecule has 12 heteroatoms. The third kappa shape index (κ3) is 7.56. The Morgan fingerprint density at radius 3 is 1.94 bits per heavy atom. The topological polar surface area (TPSA) is 199 Å². The molecule has 0 unspecified atom stereocenters. The first-order chi connectivity index (χ1) is 25.1. The fourth-order valence-corrected chi connectivity index (χ4v) is 12.3. The Bertz CT molecular complexity index is 1250. The zero-order valence-electron chi connectivity index (χ0n) is 32.7. The van der Waals surface area contributed by atoms with Crippen LogP contribution in [-0.2, 0) is 18.9 Å². The van der Waals surface area contributed by atoms with Crippen molar-refractivity contribution in [2.75, 3.05) is 13.2 Å². The highest BCUT2D eigenvalue weighted by Gasteiger charge is 2.62. The van der Waals surface area contributed by atoms with E-state index in [0.29, 0.717) is 42.4 Å². The highest BCUT2D eigenvalue weighted by atomic mass is 16.7. The van der Waals surface area contributed by atoms with Crippen LogP contribution in [-0.4, -0.2) is 128 Å². The molecular weight excluding hydrogens is 684 g/mol. The van der Waals surface area contributed by atoms with Crippen LogP contribution in [0.1, 0.15) is 106 Å². The highest BCUT2D eigenvalue weighted by Crippen LogP contribution is 2.68. The van der Waals surface area contributed by atoms with Crippen molar-refractivity contribution in [3.8, 4) is 0 Å². The summed E-state index contributed by atoms with van der Waals surface area (Å²) in [6.07, 6.45) is -2.87. The predicted molar refractivity (Wildman–Crippen MR) is 195 cm³/mol. The molecule has 0 aromatic carbocycles. The van der Waals surface area contributed by atoms with E-state index in [1.165, 1.54) is 32.1 Å². The van der Waals surface area contributed by atoms with Crippen molar-refractivity contribution in [1.82, 2.24) is 0 Å². The van der Waals surface area contributed by atoms with Crippen molar-refractivity contribution in [3.63, 3.8) is 0 Å². The Kier molecular flexibility index (Phi) is 13.1. The summed E-state index contributed by atoms with van der Waals surface area (Å²) in [4.78, 5) is 0. The molecule has 0 radical (unpaired) electrons. The van der Waals surface area contributed by atoms with Crippen LogP contribution in [0.15, 0.2) is 11.6 Å². The first kappa shape index (κ1) is 41.9. The Hall–Kier alpha value is -0.740. The number of allylic oxidation sites excluding steroid dienone is 1. The maximum atomic E-state index is 11.1. The van der Waals surface area contributed by atoms with Gasteiger partial charge in [0.1, 0.15) is 48.8 Å². The number of rotatable bonds is 12. The summed E-state index contributed by atoms with van der Waals surface area (Å²) in [5, 5.41) is 83.6. The predicted octanol–water partition coefficient (Wildman–Crippen LogP) is 2.64. The van der Waals surface area contributed by atoms with Crippen LogP contribution in [0.4, 0.5) is 0 Å². The van der Waals surface area contributed by atoms with Gasteiger partial charge in [-0.1, -0.05) is 66.0 Å². The van der Waals surface area contributed by atoms with Gasteiger partial charge in [0, 0.05) is 11.8 Å². The second-order valence-electron chi connectivity index (χ2n) is 18.5. The minimum absolute atomic E-state index is 0.249. The largest absolute Gasteiger partial charge is 0.394 e. The lowest BCUT2D eigenvalue weighted by atomic mass is 9.46. The number of hydrogen-bond acceptors (Lipinski definition) is 12. The molecule has 2 saturated heterocycles. The Morgan fingerprint density at radius 1 is 0.774 bits per heavy atom. The lowest BCUT2D eigenvalue weighted by Crippen LogP contribution is -2.63. The first-order valence-electron chi connectivity index (χ1n) is 20.7. The Morgan fingerprint density at radius 2 is 1.38 bits per heavy atom. The molecule has 0 amide bonds.